The maximum absolute atomic E-state index is 14.1. The minimum absolute atomic E-state index is 0.00403. The third-order valence-corrected chi connectivity index (χ3v) is 10.1. The fourth-order valence-electron chi connectivity index (χ4n) is 7.52. The van der Waals surface area contributed by atoms with E-state index in [0.717, 1.165) is 75.1 Å². The molecule has 3 aliphatic rings. The highest BCUT2D eigenvalue weighted by molar-refractivity contribution is 5.92. The molecule has 2 saturated heterocycles. The van der Waals surface area contributed by atoms with Crippen molar-refractivity contribution in [2.45, 2.75) is 55.9 Å². The van der Waals surface area contributed by atoms with Gasteiger partial charge in [0.05, 0.1) is 10.8 Å². The van der Waals surface area contributed by atoms with E-state index in [9.17, 15) is 18.4 Å². The molecule has 2 heterocycles. The molecule has 0 bridgehead atoms. The lowest BCUT2D eigenvalue weighted by atomic mass is 9.71. The van der Waals surface area contributed by atoms with Crippen molar-refractivity contribution in [1.82, 2.24) is 14.7 Å². The van der Waals surface area contributed by atoms with E-state index in [-0.39, 0.29) is 29.4 Å². The predicted octanol–water partition coefficient (Wildman–Crippen LogP) is 5.93. The van der Waals surface area contributed by atoms with Crippen LogP contribution in [0.2, 0.25) is 0 Å². The lowest BCUT2D eigenvalue weighted by Crippen LogP contribution is -2.54. The molecule has 2 aliphatic heterocycles. The van der Waals surface area contributed by atoms with Gasteiger partial charge in [0, 0.05) is 33.2 Å². The van der Waals surface area contributed by atoms with Crippen LogP contribution in [-0.2, 0) is 27.0 Å². The molecule has 2 atom stereocenters. The fraction of sp³-hybridized carbons (Fsp3) is 0.444. The van der Waals surface area contributed by atoms with Crippen LogP contribution in [0, 0.1) is 17.6 Å². The van der Waals surface area contributed by atoms with Gasteiger partial charge in [-0.25, -0.2) is 8.78 Å². The van der Waals surface area contributed by atoms with E-state index in [1.54, 1.807) is 36.2 Å². The molecule has 0 spiro atoms. The standard InChI is InChI=1S/C36H41F2N3O2/c1-39(25-27-10-14-31(37)15-11-27)34(43)36(29-12-16-32(38)17-13-29)24-30(36)26-40-22-18-35(19-23-40,28-8-4-2-5-9-28)33(42)41-20-6-3-7-21-41/h2,4-5,8-17,30H,3,6-7,18-26H2,1H3/t30-,36+/m0/s1. The summed E-state index contributed by atoms with van der Waals surface area (Å²) in [6.07, 6.45) is 5.52. The van der Waals surface area contributed by atoms with Crippen LogP contribution in [0.5, 0.6) is 0 Å². The summed E-state index contributed by atoms with van der Waals surface area (Å²) in [6.45, 7) is 4.36. The lowest BCUT2D eigenvalue weighted by molar-refractivity contribution is -0.140. The second kappa shape index (κ2) is 12.2. The van der Waals surface area contributed by atoms with E-state index in [1.165, 1.54) is 30.7 Å². The van der Waals surface area contributed by atoms with Crippen molar-refractivity contribution in [3.05, 3.63) is 107 Å². The molecular formula is C36H41F2N3O2. The number of hydrogen-bond acceptors (Lipinski definition) is 3. The smallest absolute Gasteiger partial charge is 0.233 e. The molecule has 5 nitrogen and oxygen atoms in total. The molecule has 1 aliphatic carbocycles. The second-order valence-corrected chi connectivity index (χ2v) is 12.8. The maximum atomic E-state index is 14.1. The van der Waals surface area contributed by atoms with Crippen molar-refractivity contribution in [2.24, 2.45) is 5.92 Å². The number of likely N-dealkylation sites (tertiary alicyclic amines) is 2. The third-order valence-electron chi connectivity index (χ3n) is 10.1. The van der Waals surface area contributed by atoms with Crippen LogP contribution >= 0.6 is 0 Å². The normalized spacial score (nSPS) is 23.5. The average Bonchev–Trinajstić information content (AvgIpc) is 3.77. The fourth-order valence-corrected chi connectivity index (χ4v) is 7.52. The van der Waals surface area contributed by atoms with Crippen molar-refractivity contribution in [2.75, 3.05) is 39.8 Å². The van der Waals surface area contributed by atoms with Gasteiger partial charge in [-0.15, -0.1) is 0 Å². The maximum Gasteiger partial charge on any atom is 0.233 e. The highest BCUT2D eigenvalue weighted by Gasteiger charge is 2.62. The molecule has 2 amide bonds. The second-order valence-electron chi connectivity index (χ2n) is 12.8. The molecule has 0 unspecified atom stereocenters. The number of likely N-dealkylation sites (N-methyl/N-ethyl adjacent to an activating group) is 1. The minimum atomic E-state index is -0.722. The first-order valence-corrected chi connectivity index (χ1v) is 15.7. The highest BCUT2D eigenvalue weighted by atomic mass is 19.1. The van der Waals surface area contributed by atoms with Crippen molar-refractivity contribution < 1.29 is 18.4 Å². The Balaban J connectivity index is 1.18. The summed E-state index contributed by atoms with van der Waals surface area (Å²) in [5.41, 5.74) is 1.56. The van der Waals surface area contributed by atoms with E-state index >= 15 is 0 Å². The molecule has 0 N–H and O–H groups in total. The van der Waals surface area contributed by atoms with Gasteiger partial charge in [0.2, 0.25) is 11.8 Å². The van der Waals surface area contributed by atoms with Crippen LogP contribution in [0.3, 0.4) is 0 Å². The Kier molecular flexibility index (Phi) is 8.36. The molecular weight excluding hydrogens is 544 g/mol. The van der Waals surface area contributed by atoms with Crippen LogP contribution in [-0.4, -0.2) is 66.3 Å². The molecule has 1 saturated carbocycles. The number of amides is 2. The summed E-state index contributed by atoms with van der Waals surface area (Å²) in [4.78, 5) is 34.4. The largest absolute Gasteiger partial charge is 0.342 e. The molecule has 6 rings (SSSR count). The Bertz CT molecular complexity index is 1420. The minimum Gasteiger partial charge on any atom is -0.342 e. The Labute approximate surface area is 253 Å². The monoisotopic (exact) mass is 585 g/mol. The van der Waals surface area contributed by atoms with Gasteiger partial charge in [0.15, 0.2) is 0 Å². The van der Waals surface area contributed by atoms with Gasteiger partial charge in [-0.2, -0.15) is 0 Å². The number of carbonyl (C=O) groups excluding carboxylic acids is 2. The molecule has 0 aromatic heterocycles. The van der Waals surface area contributed by atoms with Crippen LogP contribution in [0.1, 0.15) is 55.2 Å². The lowest BCUT2D eigenvalue weighted by Gasteiger charge is -2.44. The first kappa shape index (κ1) is 29.5. The van der Waals surface area contributed by atoms with Gasteiger partial charge < -0.3 is 14.7 Å². The Hall–Kier alpha value is -3.58. The summed E-state index contributed by atoms with van der Waals surface area (Å²) in [5.74, 6) is -0.275. The van der Waals surface area contributed by atoms with Crippen LogP contribution in [0.25, 0.3) is 0 Å². The average molecular weight is 586 g/mol. The zero-order valence-corrected chi connectivity index (χ0v) is 25.0. The zero-order valence-electron chi connectivity index (χ0n) is 25.0. The van der Waals surface area contributed by atoms with Crippen molar-refractivity contribution >= 4 is 11.8 Å². The molecule has 43 heavy (non-hydrogen) atoms. The number of nitrogens with zero attached hydrogens (tertiary/aromatic N) is 3. The van der Waals surface area contributed by atoms with Crippen molar-refractivity contribution in [3.63, 3.8) is 0 Å². The van der Waals surface area contributed by atoms with E-state index < -0.39 is 10.8 Å². The number of benzene rings is 3. The molecule has 3 aromatic rings. The Morgan fingerprint density at radius 3 is 2.02 bits per heavy atom. The Morgan fingerprint density at radius 2 is 1.40 bits per heavy atom. The molecule has 0 radical (unpaired) electrons. The van der Waals surface area contributed by atoms with Crippen molar-refractivity contribution in [1.29, 1.82) is 0 Å². The predicted molar refractivity (Wildman–Crippen MR) is 163 cm³/mol. The van der Waals surface area contributed by atoms with Gasteiger partial charge in [-0.3, -0.25) is 9.59 Å². The van der Waals surface area contributed by atoms with Crippen LogP contribution < -0.4 is 0 Å². The van der Waals surface area contributed by atoms with Crippen molar-refractivity contribution in [3.8, 4) is 0 Å². The van der Waals surface area contributed by atoms with E-state index in [2.05, 4.69) is 21.9 Å². The van der Waals surface area contributed by atoms with Gasteiger partial charge in [-0.05, 0) is 98.5 Å². The summed E-state index contributed by atoms with van der Waals surface area (Å²) >= 11 is 0. The molecule has 226 valence electrons. The summed E-state index contributed by atoms with van der Waals surface area (Å²) in [6, 6.07) is 22.8. The topological polar surface area (TPSA) is 43.9 Å². The Morgan fingerprint density at radius 1 is 0.791 bits per heavy atom. The third kappa shape index (κ3) is 5.84. The highest BCUT2D eigenvalue weighted by Crippen LogP contribution is 2.56. The molecule has 3 aromatic carbocycles. The number of rotatable bonds is 8. The van der Waals surface area contributed by atoms with E-state index in [0.29, 0.717) is 13.0 Å². The number of hydrogen-bond donors (Lipinski definition) is 0. The van der Waals surface area contributed by atoms with E-state index in [4.69, 9.17) is 0 Å². The zero-order chi connectivity index (χ0) is 30.0. The number of halogens is 2. The number of piperidine rings is 2. The summed E-state index contributed by atoms with van der Waals surface area (Å²) < 4.78 is 27.3. The first-order valence-electron chi connectivity index (χ1n) is 15.7. The van der Waals surface area contributed by atoms with Gasteiger partial charge in [0.25, 0.3) is 0 Å². The number of carbonyl (C=O) groups is 2. The van der Waals surface area contributed by atoms with Gasteiger partial charge in [-0.1, -0.05) is 54.6 Å². The first-order chi connectivity index (χ1) is 20.8. The molecule has 3 fully saturated rings. The molecule has 7 heteroatoms. The summed E-state index contributed by atoms with van der Waals surface area (Å²) in [5, 5.41) is 0. The van der Waals surface area contributed by atoms with Gasteiger partial charge in [0.1, 0.15) is 11.6 Å². The van der Waals surface area contributed by atoms with E-state index in [1.807, 2.05) is 18.2 Å². The SMILES string of the molecule is CN(Cc1ccc(F)cc1)C(=O)[C@@]1(c2ccc(F)cc2)C[C@H]1CN1CCC(C(=O)N2CCCCC2)(c2ccccc2)CC1. The quantitative estimate of drug-likeness (QED) is 0.329. The van der Waals surface area contributed by atoms with Gasteiger partial charge >= 0.3 is 0 Å². The summed E-state index contributed by atoms with van der Waals surface area (Å²) in [7, 11) is 1.79. The van der Waals surface area contributed by atoms with Crippen LogP contribution in [0.4, 0.5) is 8.78 Å². The van der Waals surface area contributed by atoms with Crippen LogP contribution in [0.15, 0.2) is 78.9 Å².